The van der Waals surface area contributed by atoms with Crippen molar-refractivity contribution in [3.63, 3.8) is 0 Å². The number of imidazole rings is 1. The lowest BCUT2D eigenvalue weighted by Crippen LogP contribution is -2.43. The van der Waals surface area contributed by atoms with E-state index in [1.807, 2.05) is 0 Å². The fraction of sp³-hybridized carbons (Fsp3) is 0.545. The number of aromatic nitrogens is 2. The molecule has 0 spiro atoms. The van der Waals surface area contributed by atoms with E-state index in [9.17, 15) is 9.59 Å². The van der Waals surface area contributed by atoms with Gasteiger partial charge in [-0.3, -0.25) is 9.59 Å². The van der Waals surface area contributed by atoms with Crippen molar-refractivity contribution in [2.45, 2.75) is 25.4 Å². The van der Waals surface area contributed by atoms with Crippen LogP contribution in [-0.4, -0.2) is 45.4 Å². The quantitative estimate of drug-likeness (QED) is 0.710. The van der Waals surface area contributed by atoms with Gasteiger partial charge in [0.15, 0.2) is 0 Å². The van der Waals surface area contributed by atoms with Crippen LogP contribution < -0.4 is 11.5 Å². The molecule has 1 atom stereocenters. The third-order valence-corrected chi connectivity index (χ3v) is 3.08. The molecule has 0 saturated carbocycles. The SMILES string of the molecule is NCCn1cnc(C(=O)N2CCCC2C(N)=O)c1. The fourth-order valence-electron chi connectivity index (χ4n) is 2.19. The normalized spacial score (nSPS) is 19.2. The second kappa shape index (κ2) is 5.18. The molecule has 2 rings (SSSR count). The maximum Gasteiger partial charge on any atom is 0.274 e. The van der Waals surface area contributed by atoms with Gasteiger partial charge in [-0.25, -0.2) is 4.98 Å². The Labute approximate surface area is 105 Å². The van der Waals surface area contributed by atoms with Crippen LogP contribution in [0.5, 0.6) is 0 Å². The summed E-state index contributed by atoms with van der Waals surface area (Å²) in [5.41, 5.74) is 11.0. The molecule has 18 heavy (non-hydrogen) atoms. The van der Waals surface area contributed by atoms with Gasteiger partial charge in [0.25, 0.3) is 5.91 Å². The van der Waals surface area contributed by atoms with Crippen molar-refractivity contribution in [1.29, 1.82) is 0 Å². The number of nitrogens with zero attached hydrogens (tertiary/aromatic N) is 3. The molecule has 2 heterocycles. The lowest BCUT2D eigenvalue weighted by molar-refractivity contribution is -0.121. The van der Waals surface area contributed by atoms with Gasteiger partial charge in [0, 0.05) is 25.8 Å². The van der Waals surface area contributed by atoms with Gasteiger partial charge < -0.3 is 20.9 Å². The third kappa shape index (κ3) is 2.35. The van der Waals surface area contributed by atoms with E-state index < -0.39 is 11.9 Å². The second-order valence-electron chi connectivity index (χ2n) is 4.34. The molecule has 1 aromatic heterocycles. The molecule has 0 aliphatic carbocycles. The molecule has 0 bridgehead atoms. The van der Waals surface area contributed by atoms with Gasteiger partial charge in [-0.1, -0.05) is 0 Å². The zero-order valence-corrected chi connectivity index (χ0v) is 10.1. The molecule has 0 aromatic carbocycles. The molecular formula is C11H17N5O2. The zero-order valence-electron chi connectivity index (χ0n) is 10.1. The van der Waals surface area contributed by atoms with E-state index in [0.717, 1.165) is 6.42 Å². The van der Waals surface area contributed by atoms with Crippen LogP contribution in [0.1, 0.15) is 23.3 Å². The Balaban J connectivity index is 2.12. The first kappa shape index (κ1) is 12.6. The minimum atomic E-state index is -0.503. The summed E-state index contributed by atoms with van der Waals surface area (Å²) in [7, 11) is 0. The highest BCUT2D eigenvalue weighted by Crippen LogP contribution is 2.19. The number of nitrogens with two attached hydrogens (primary N) is 2. The van der Waals surface area contributed by atoms with Gasteiger partial charge in [-0.15, -0.1) is 0 Å². The minimum Gasteiger partial charge on any atom is -0.368 e. The van der Waals surface area contributed by atoms with Crippen LogP contribution in [0.15, 0.2) is 12.5 Å². The predicted octanol–water partition coefficient (Wildman–Crippen LogP) is -1.07. The summed E-state index contributed by atoms with van der Waals surface area (Å²) in [4.78, 5) is 29.0. The number of likely N-dealkylation sites (tertiary alicyclic amines) is 1. The Kier molecular flexibility index (Phi) is 3.61. The molecular weight excluding hydrogens is 234 g/mol. The average molecular weight is 251 g/mol. The molecule has 1 saturated heterocycles. The third-order valence-electron chi connectivity index (χ3n) is 3.08. The number of rotatable bonds is 4. The molecule has 1 aliphatic heterocycles. The van der Waals surface area contributed by atoms with Crippen molar-refractivity contribution in [2.24, 2.45) is 11.5 Å². The number of primary amides is 1. The van der Waals surface area contributed by atoms with Crippen LogP contribution in [0.3, 0.4) is 0 Å². The highest BCUT2D eigenvalue weighted by Gasteiger charge is 2.33. The monoisotopic (exact) mass is 251 g/mol. The first-order chi connectivity index (χ1) is 8.63. The Morgan fingerprint density at radius 1 is 1.50 bits per heavy atom. The van der Waals surface area contributed by atoms with E-state index in [2.05, 4.69) is 4.98 Å². The van der Waals surface area contributed by atoms with Crippen molar-refractivity contribution in [2.75, 3.05) is 13.1 Å². The summed E-state index contributed by atoms with van der Waals surface area (Å²) in [5.74, 6) is -0.700. The largest absolute Gasteiger partial charge is 0.368 e. The minimum absolute atomic E-state index is 0.243. The van der Waals surface area contributed by atoms with Crippen molar-refractivity contribution in [3.05, 3.63) is 18.2 Å². The Hall–Kier alpha value is -1.89. The van der Waals surface area contributed by atoms with Gasteiger partial charge in [0.05, 0.1) is 6.33 Å². The van der Waals surface area contributed by atoms with Crippen LogP contribution in [0, 0.1) is 0 Å². The molecule has 1 aromatic rings. The van der Waals surface area contributed by atoms with Crippen molar-refractivity contribution in [1.82, 2.24) is 14.5 Å². The first-order valence-electron chi connectivity index (χ1n) is 5.95. The van der Waals surface area contributed by atoms with Gasteiger partial charge in [-0.05, 0) is 12.8 Å². The zero-order chi connectivity index (χ0) is 13.1. The molecule has 1 unspecified atom stereocenters. The average Bonchev–Trinajstić information content (AvgIpc) is 2.96. The van der Waals surface area contributed by atoms with Crippen LogP contribution in [0.25, 0.3) is 0 Å². The number of hydrogen-bond donors (Lipinski definition) is 2. The second-order valence-corrected chi connectivity index (χ2v) is 4.34. The molecule has 7 heteroatoms. The smallest absolute Gasteiger partial charge is 0.274 e. The standard InChI is InChI=1S/C11H17N5O2/c12-3-5-15-6-8(14-7-15)11(18)16-4-1-2-9(16)10(13)17/h6-7,9H,1-5,12H2,(H2,13,17). The summed E-state index contributed by atoms with van der Waals surface area (Å²) in [6, 6.07) is -0.503. The Bertz CT molecular complexity index is 456. The van der Waals surface area contributed by atoms with Crippen LogP contribution >= 0.6 is 0 Å². The first-order valence-corrected chi connectivity index (χ1v) is 5.95. The molecule has 98 valence electrons. The topological polar surface area (TPSA) is 107 Å². The number of carbonyl (C=O) groups is 2. The van der Waals surface area contributed by atoms with Gasteiger partial charge in [0.1, 0.15) is 11.7 Å². The lowest BCUT2D eigenvalue weighted by atomic mass is 10.2. The molecule has 4 N–H and O–H groups in total. The van der Waals surface area contributed by atoms with E-state index in [4.69, 9.17) is 11.5 Å². The highest BCUT2D eigenvalue weighted by molar-refractivity contribution is 5.96. The number of carbonyl (C=O) groups excluding carboxylic acids is 2. The summed E-state index contributed by atoms with van der Waals surface area (Å²) >= 11 is 0. The summed E-state index contributed by atoms with van der Waals surface area (Å²) in [6.07, 6.45) is 4.63. The molecule has 1 aliphatic rings. The van der Waals surface area contributed by atoms with E-state index >= 15 is 0 Å². The van der Waals surface area contributed by atoms with Gasteiger partial charge in [-0.2, -0.15) is 0 Å². The number of amides is 2. The molecule has 1 fully saturated rings. The number of hydrogen-bond acceptors (Lipinski definition) is 4. The maximum absolute atomic E-state index is 12.2. The van der Waals surface area contributed by atoms with Crippen molar-refractivity contribution >= 4 is 11.8 Å². The summed E-state index contributed by atoms with van der Waals surface area (Å²) in [6.45, 7) is 1.65. The van der Waals surface area contributed by atoms with Crippen LogP contribution in [-0.2, 0) is 11.3 Å². The van der Waals surface area contributed by atoms with Gasteiger partial charge in [0.2, 0.25) is 5.91 Å². The molecule has 2 amide bonds. The van der Waals surface area contributed by atoms with Crippen molar-refractivity contribution in [3.8, 4) is 0 Å². The van der Waals surface area contributed by atoms with Crippen LogP contribution in [0.2, 0.25) is 0 Å². The van der Waals surface area contributed by atoms with E-state index in [1.165, 1.54) is 4.90 Å². The van der Waals surface area contributed by atoms with Crippen LogP contribution in [0.4, 0.5) is 0 Å². The summed E-state index contributed by atoms with van der Waals surface area (Å²) < 4.78 is 1.75. The Morgan fingerprint density at radius 3 is 2.94 bits per heavy atom. The summed E-state index contributed by atoms with van der Waals surface area (Å²) in [5, 5.41) is 0. The van der Waals surface area contributed by atoms with Crippen molar-refractivity contribution < 1.29 is 9.59 Å². The lowest BCUT2D eigenvalue weighted by Gasteiger charge is -2.20. The van der Waals surface area contributed by atoms with E-state index in [-0.39, 0.29) is 5.91 Å². The maximum atomic E-state index is 12.2. The van der Waals surface area contributed by atoms with Gasteiger partial charge >= 0.3 is 0 Å². The fourth-order valence-corrected chi connectivity index (χ4v) is 2.19. The predicted molar refractivity (Wildman–Crippen MR) is 64.5 cm³/mol. The highest BCUT2D eigenvalue weighted by atomic mass is 16.2. The van der Waals surface area contributed by atoms with E-state index in [0.29, 0.717) is 31.7 Å². The molecule has 7 nitrogen and oxygen atoms in total. The Morgan fingerprint density at radius 2 is 2.28 bits per heavy atom. The molecule has 0 radical (unpaired) electrons. The van der Waals surface area contributed by atoms with E-state index in [1.54, 1.807) is 17.1 Å².